The molecule has 3 aromatic carbocycles. The van der Waals surface area contributed by atoms with Gasteiger partial charge in [0.2, 0.25) is 0 Å². The van der Waals surface area contributed by atoms with E-state index >= 15 is 0 Å². The Hall–Kier alpha value is -3.87. The second kappa shape index (κ2) is 10.2. The van der Waals surface area contributed by atoms with E-state index in [0.29, 0.717) is 36.1 Å². The van der Waals surface area contributed by atoms with Gasteiger partial charge < -0.3 is 19.3 Å². The maximum Gasteiger partial charge on any atom is 0.344 e. The Labute approximate surface area is 179 Å². The first-order valence-electron chi connectivity index (χ1n) is 9.85. The van der Waals surface area contributed by atoms with Crippen LogP contribution < -0.4 is 9.47 Å². The first kappa shape index (κ1) is 21.8. The van der Waals surface area contributed by atoms with Gasteiger partial charge in [-0.15, -0.1) is 0 Å². The first-order valence-corrected chi connectivity index (χ1v) is 9.85. The second-order valence-electron chi connectivity index (χ2n) is 6.65. The summed E-state index contributed by atoms with van der Waals surface area (Å²) in [6, 6.07) is 16.3. The van der Waals surface area contributed by atoms with Crippen molar-refractivity contribution < 1.29 is 33.7 Å². The zero-order valence-electron chi connectivity index (χ0n) is 17.0. The Morgan fingerprint density at radius 3 is 2.26 bits per heavy atom. The lowest BCUT2D eigenvalue weighted by molar-refractivity contribution is -0.143. The molecule has 0 atom stereocenters. The topological polar surface area (TPSA) is 99.1 Å². The molecule has 160 valence electrons. The highest BCUT2D eigenvalue weighted by molar-refractivity contribution is 6.07. The van der Waals surface area contributed by atoms with Crippen LogP contribution in [0, 0.1) is 0 Å². The van der Waals surface area contributed by atoms with E-state index in [9.17, 15) is 14.4 Å². The summed E-state index contributed by atoms with van der Waals surface area (Å²) in [6.07, 6.45) is 0.892. The summed E-state index contributed by atoms with van der Waals surface area (Å²) >= 11 is 0. The highest BCUT2D eigenvalue weighted by atomic mass is 16.5. The number of hydrogen-bond donors (Lipinski definition) is 1. The molecule has 0 fully saturated rings. The van der Waals surface area contributed by atoms with E-state index in [2.05, 4.69) is 0 Å². The summed E-state index contributed by atoms with van der Waals surface area (Å²) in [5, 5.41) is 10.4. The Morgan fingerprint density at radius 2 is 1.58 bits per heavy atom. The molecule has 0 radical (unpaired) electrons. The smallest absolute Gasteiger partial charge is 0.344 e. The molecule has 3 rings (SSSR count). The SMILES string of the molecule is CCC(=O)OCCCOc1ccc(C(=O)Oc2ccc(C(=O)O)cc2)c2ccccc12. The van der Waals surface area contributed by atoms with E-state index in [1.54, 1.807) is 25.1 Å². The van der Waals surface area contributed by atoms with Crippen LogP contribution in [0.3, 0.4) is 0 Å². The van der Waals surface area contributed by atoms with Crippen LogP contribution >= 0.6 is 0 Å². The number of hydrogen-bond acceptors (Lipinski definition) is 6. The van der Waals surface area contributed by atoms with Crippen molar-refractivity contribution in [3.05, 3.63) is 71.8 Å². The van der Waals surface area contributed by atoms with Crippen molar-refractivity contribution in [2.75, 3.05) is 13.2 Å². The van der Waals surface area contributed by atoms with Gasteiger partial charge in [0.15, 0.2) is 0 Å². The molecule has 0 bridgehead atoms. The fourth-order valence-electron chi connectivity index (χ4n) is 2.93. The van der Waals surface area contributed by atoms with Crippen LogP contribution in [0.1, 0.15) is 40.5 Å². The molecule has 0 aliphatic heterocycles. The molecule has 1 N–H and O–H groups in total. The largest absolute Gasteiger partial charge is 0.493 e. The Balaban J connectivity index is 1.72. The van der Waals surface area contributed by atoms with Crippen molar-refractivity contribution in [3.8, 4) is 11.5 Å². The molecule has 0 aliphatic rings. The summed E-state index contributed by atoms with van der Waals surface area (Å²) in [7, 11) is 0. The van der Waals surface area contributed by atoms with Gasteiger partial charge in [0.25, 0.3) is 0 Å². The number of carboxylic acid groups (broad SMARTS) is 1. The molecular weight excluding hydrogens is 400 g/mol. The standard InChI is InChI=1S/C24H22O7/c1-2-22(25)30-15-5-14-29-21-13-12-20(18-6-3-4-7-19(18)21)24(28)31-17-10-8-16(9-11-17)23(26)27/h3-4,6-13H,2,5,14-15H2,1H3,(H,26,27). The quantitative estimate of drug-likeness (QED) is 0.308. The van der Waals surface area contributed by atoms with Crippen molar-refractivity contribution in [1.29, 1.82) is 0 Å². The monoisotopic (exact) mass is 422 g/mol. The highest BCUT2D eigenvalue weighted by Crippen LogP contribution is 2.29. The Kier molecular flexibility index (Phi) is 7.22. The maximum absolute atomic E-state index is 12.7. The van der Waals surface area contributed by atoms with Crippen LogP contribution in [0.15, 0.2) is 60.7 Å². The number of carbonyl (C=O) groups excluding carboxylic acids is 2. The van der Waals surface area contributed by atoms with Gasteiger partial charge in [-0.2, -0.15) is 0 Å². The average Bonchev–Trinajstić information content (AvgIpc) is 2.78. The van der Waals surface area contributed by atoms with Crippen LogP contribution in [0.2, 0.25) is 0 Å². The number of ether oxygens (including phenoxy) is 3. The number of benzene rings is 3. The number of fused-ring (bicyclic) bond motifs is 1. The predicted molar refractivity (Wildman–Crippen MR) is 114 cm³/mol. The molecule has 0 heterocycles. The lowest BCUT2D eigenvalue weighted by atomic mass is 10.0. The van der Waals surface area contributed by atoms with E-state index in [-0.39, 0.29) is 23.9 Å². The molecule has 0 aromatic heterocycles. The summed E-state index contributed by atoms with van der Waals surface area (Å²) in [5.41, 5.74) is 0.471. The van der Waals surface area contributed by atoms with Gasteiger partial charge in [-0.1, -0.05) is 31.2 Å². The van der Waals surface area contributed by atoms with E-state index in [1.165, 1.54) is 24.3 Å². The normalized spacial score (nSPS) is 10.5. The molecule has 0 amide bonds. The van der Waals surface area contributed by atoms with Crippen LogP contribution in [0.5, 0.6) is 11.5 Å². The van der Waals surface area contributed by atoms with Crippen molar-refractivity contribution in [2.24, 2.45) is 0 Å². The lowest BCUT2D eigenvalue weighted by Gasteiger charge is -2.12. The first-order chi connectivity index (χ1) is 15.0. The van der Waals surface area contributed by atoms with Gasteiger partial charge in [-0.25, -0.2) is 9.59 Å². The van der Waals surface area contributed by atoms with Crippen molar-refractivity contribution in [1.82, 2.24) is 0 Å². The number of esters is 2. The zero-order chi connectivity index (χ0) is 22.2. The minimum absolute atomic E-state index is 0.108. The second-order valence-corrected chi connectivity index (χ2v) is 6.65. The molecule has 3 aromatic rings. The summed E-state index contributed by atoms with van der Waals surface area (Å²) < 4.78 is 16.3. The predicted octanol–water partition coefficient (Wildman–Crippen LogP) is 4.48. The minimum atomic E-state index is -1.05. The zero-order valence-corrected chi connectivity index (χ0v) is 17.0. The number of carboxylic acids is 1. The van der Waals surface area contributed by atoms with Crippen LogP contribution in [0.25, 0.3) is 10.8 Å². The van der Waals surface area contributed by atoms with E-state index in [4.69, 9.17) is 19.3 Å². The highest BCUT2D eigenvalue weighted by Gasteiger charge is 2.15. The number of carbonyl (C=O) groups is 3. The lowest BCUT2D eigenvalue weighted by Crippen LogP contribution is -2.10. The van der Waals surface area contributed by atoms with Crippen molar-refractivity contribution >= 4 is 28.7 Å². The Morgan fingerprint density at radius 1 is 0.871 bits per heavy atom. The van der Waals surface area contributed by atoms with E-state index in [0.717, 1.165) is 5.39 Å². The Bertz CT molecular complexity index is 1090. The fraction of sp³-hybridized carbons (Fsp3) is 0.208. The fourth-order valence-corrected chi connectivity index (χ4v) is 2.93. The third kappa shape index (κ3) is 5.60. The molecule has 0 unspecified atom stereocenters. The number of aromatic carboxylic acids is 1. The molecule has 0 aliphatic carbocycles. The van der Waals surface area contributed by atoms with Gasteiger partial charge in [0.05, 0.1) is 24.3 Å². The molecule has 0 saturated carbocycles. The van der Waals surface area contributed by atoms with Crippen LogP contribution in [-0.2, 0) is 9.53 Å². The summed E-state index contributed by atoms with van der Waals surface area (Å²) in [4.78, 5) is 34.8. The molecule has 0 saturated heterocycles. The molecule has 31 heavy (non-hydrogen) atoms. The minimum Gasteiger partial charge on any atom is -0.493 e. The summed E-state index contributed by atoms with van der Waals surface area (Å²) in [6.45, 7) is 2.39. The van der Waals surface area contributed by atoms with E-state index in [1.807, 2.05) is 18.2 Å². The van der Waals surface area contributed by atoms with Crippen LogP contribution in [0.4, 0.5) is 0 Å². The third-order valence-electron chi connectivity index (χ3n) is 4.51. The number of rotatable bonds is 9. The molecule has 7 nitrogen and oxygen atoms in total. The van der Waals surface area contributed by atoms with Gasteiger partial charge in [0.1, 0.15) is 11.5 Å². The van der Waals surface area contributed by atoms with Gasteiger partial charge in [-0.05, 0) is 41.8 Å². The maximum atomic E-state index is 12.7. The molecular formula is C24H22O7. The summed E-state index contributed by atoms with van der Waals surface area (Å²) in [5.74, 6) is -0.994. The van der Waals surface area contributed by atoms with Crippen molar-refractivity contribution in [2.45, 2.75) is 19.8 Å². The van der Waals surface area contributed by atoms with Gasteiger partial charge >= 0.3 is 17.9 Å². The average molecular weight is 422 g/mol. The molecule has 0 spiro atoms. The molecule has 7 heteroatoms. The van der Waals surface area contributed by atoms with Crippen molar-refractivity contribution in [3.63, 3.8) is 0 Å². The van der Waals surface area contributed by atoms with Gasteiger partial charge in [-0.3, -0.25) is 4.79 Å². The van der Waals surface area contributed by atoms with E-state index < -0.39 is 11.9 Å². The van der Waals surface area contributed by atoms with Gasteiger partial charge in [0, 0.05) is 18.2 Å². The third-order valence-corrected chi connectivity index (χ3v) is 4.51. The van der Waals surface area contributed by atoms with Crippen LogP contribution in [-0.4, -0.2) is 36.2 Å².